The Labute approximate surface area is 317 Å². The van der Waals surface area contributed by atoms with Crippen molar-refractivity contribution in [3.8, 4) is 11.8 Å². The number of carbonyl (C=O) groups is 4. The first-order valence-corrected chi connectivity index (χ1v) is 17.5. The number of ether oxygens (including phenoxy) is 3. The monoisotopic (exact) mass is 732 g/mol. The average molecular weight is 733 g/mol. The van der Waals surface area contributed by atoms with E-state index in [2.05, 4.69) is 16.7 Å². The predicted molar refractivity (Wildman–Crippen MR) is 207 cm³/mol. The fourth-order valence-electron chi connectivity index (χ4n) is 5.25. The lowest BCUT2D eigenvalue weighted by molar-refractivity contribution is -0.000303. The minimum absolute atomic E-state index is 0.0525. The maximum absolute atomic E-state index is 13.8. The summed E-state index contributed by atoms with van der Waals surface area (Å²) in [5.41, 5.74) is 1.22. The first-order chi connectivity index (χ1) is 25.2. The van der Waals surface area contributed by atoms with Crippen LogP contribution in [-0.2, 0) is 28.0 Å². The molecule has 0 aliphatic carbocycles. The summed E-state index contributed by atoms with van der Waals surface area (Å²) in [7, 11) is 0. The van der Waals surface area contributed by atoms with E-state index in [4.69, 9.17) is 14.2 Å². The number of anilines is 2. The molecule has 4 aromatic carbocycles. The molecule has 11 nitrogen and oxygen atoms in total. The van der Waals surface area contributed by atoms with Crippen LogP contribution in [0, 0.1) is 11.3 Å². The summed E-state index contributed by atoms with van der Waals surface area (Å²) in [5, 5.41) is 15.9. The van der Waals surface area contributed by atoms with E-state index in [-0.39, 0.29) is 46.9 Å². The summed E-state index contributed by atoms with van der Waals surface area (Å²) < 4.78 is 16.9. The van der Waals surface area contributed by atoms with Crippen LogP contribution in [0.15, 0.2) is 91.0 Å². The van der Waals surface area contributed by atoms with Gasteiger partial charge in [0.05, 0.1) is 29.6 Å². The Bertz CT molecular complexity index is 2020. The van der Waals surface area contributed by atoms with Crippen molar-refractivity contribution in [3.05, 3.63) is 124 Å². The third kappa shape index (κ3) is 11.4. The summed E-state index contributed by atoms with van der Waals surface area (Å²) in [6, 6.07) is 28.3. The molecule has 0 aliphatic heterocycles. The van der Waals surface area contributed by atoms with E-state index in [1.165, 1.54) is 18.2 Å². The number of hydrogen-bond donors (Lipinski definition) is 2. The van der Waals surface area contributed by atoms with Crippen molar-refractivity contribution in [3.63, 3.8) is 0 Å². The summed E-state index contributed by atoms with van der Waals surface area (Å²) in [4.78, 5) is 54.4. The molecule has 4 rings (SSSR count). The Hall–Kier alpha value is -6.15. The van der Waals surface area contributed by atoms with E-state index in [1.54, 1.807) is 71.9 Å². The average Bonchev–Trinajstić information content (AvgIpc) is 3.09. The molecular weight excluding hydrogens is 684 g/mol. The highest BCUT2D eigenvalue weighted by molar-refractivity contribution is 6.10. The minimum atomic E-state index is -0.946. The zero-order valence-corrected chi connectivity index (χ0v) is 32.3. The number of nitrogens with one attached hydrogen (secondary N) is 2. The van der Waals surface area contributed by atoms with Crippen molar-refractivity contribution in [2.24, 2.45) is 0 Å². The van der Waals surface area contributed by atoms with Crippen molar-refractivity contribution in [2.45, 2.75) is 92.1 Å². The van der Waals surface area contributed by atoms with Crippen LogP contribution in [0.2, 0.25) is 0 Å². The van der Waals surface area contributed by atoms with E-state index in [0.29, 0.717) is 17.0 Å². The zero-order valence-electron chi connectivity index (χ0n) is 32.3. The molecule has 0 spiro atoms. The molecule has 282 valence electrons. The number of benzene rings is 4. The Morgan fingerprint density at radius 1 is 0.685 bits per heavy atom. The van der Waals surface area contributed by atoms with Crippen LogP contribution in [0.4, 0.5) is 21.0 Å². The van der Waals surface area contributed by atoms with Crippen molar-refractivity contribution in [1.29, 1.82) is 5.26 Å². The van der Waals surface area contributed by atoms with Crippen LogP contribution in [0.1, 0.15) is 105 Å². The van der Waals surface area contributed by atoms with Gasteiger partial charge in [0.15, 0.2) is 0 Å². The first-order valence-electron chi connectivity index (χ1n) is 17.5. The Kier molecular flexibility index (Phi) is 12.5. The predicted octanol–water partition coefficient (Wildman–Crippen LogP) is 9.61. The summed E-state index contributed by atoms with van der Waals surface area (Å²) in [6.45, 7) is 16.0. The van der Waals surface area contributed by atoms with Gasteiger partial charge in [0, 0.05) is 17.2 Å². The molecule has 0 heterocycles. The molecule has 0 aliphatic rings. The van der Waals surface area contributed by atoms with Gasteiger partial charge in [-0.05, 0) is 94.0 Å². The van der Waals surface area contributed by atoms with Crippen molar-refractivity contribution in [1.82, 2.24) is 4.90 Å². The minimum Gasteiger partial charge on any atom is -0.489 e. The Balaban J connectivity index is 1.64. The highest BCUT2D eigenvalue weighted by atomic mass is 16.6. The highest BCUT2D eigenvalue weighted by Crippen LogP contribution is 2.31. The number of amides is 4. The molecule has 11 heteroatoms. The van der Waals surface area contributed by atoms with Gasteiger partial charge in [0.1, 0.15) is 23.6 Å². The van der Waals surface area contributed by atoms with Gasteiger partial charge in [-0.2, -0.15) is 5.26 Å². The molecule has 0 unspecified atom stereocenters. The second-order valence-corrected chi connectivity index (χ2v) is 15.7. The van der Waals surface area contributed by atoms with Crippen LogP contribution in [0.3, 0.4) is 0 Å². The molecule has 0 saturated carbocycles. The van der Waals surface area contributed by atoms with Crippen LogP contribution in [0.5, 0.6) is 5.75 Å². The smallest absolute Gasteiger partial charge is 0.420 e. The molecule has 0 fully saturated rings. The number of nitriles is 1. The Morgan fingerprint density at radius 3 is 1.87 bits per heavy atom. The lowest BCUT2D eigenvalue weighted by atomic mass is 9.83. The quantitative estimate of drug-likeness (QED) is 0.173. The molecule has 4 aromatic rings. The van der Waals surface area contributed by atoms with Crippen molar-refractivity contribution >= 4 is 35.4 Å². The first kappa shape index (κ1) is 40.6. The molecule has 2 N–H and O–H groups in total. The standard InChI is InChI=1S/C43H48N4O7/c1-41(2,3)34-18-14-13-17-33(34)38(49)46-36-24-32(52-27-28-15-11-10-12-16-28)21-22-35(36)45-37(48)29-19-20-30(31(23-29)25-44)26-47(39(50)53-42(4,5)6)40(51)54-43(7,8)9/h10-24H,26-27H2,1-9H3,(H,45,48)(H,46,49). The number of imide groups is 1. The third-order valence-corrected chi connectivity index (χ3v) is 7.76. The third-order valence-electron chi connectivity index (χ3n) is 7.76. The number of carbonyl (C=O) groups excluding carboxylic acids is 4. The zero-order chi connectivity index (χ0) is 39.8. The maximum Gasteiger partial charge on any atom is 0.420 e. The van der Waals surface area contributed by atoms with E-state index in [9.17, 15) is 24.4 Å². The van der Waals surface area contributed by atoms with E-state index in [0.717, 1.165) is 16.0 Å². The second-order valence-electron chi connectivity index (χ2n) is 15.7. The normalized spacial score (nSPS) is 11.5. The topological polar surface area (TPSA) is 147 Å². The highest BCUT2D eigenvalue weighted by Gasteiger charge is 2.32. The van der Waals surface area contributed by atoms with Crippen molar-refractivity contribution < 1.29 is 33.4 Å². The molecule has 0 saturated heterocycles. The molecule has 0 atom stereocenters. The van der Waals surface area contributed by atoms with Crippen LogP contribution >= 0.6 is 0 Å². The SMILES string of the molecule is CC(C)(C)OC(=O)N(Cc1ccc(C(=O)Nc2ccc(OCc3ccccc3)cc2NC(=O)c2ccccc2C(C)(C)C)cc1C#N)C(=O)OC(C)(C)C. The number of rotatable bonds is 9. The fraction of sp³-hybridized carbons (Fsp3) is 0.326. The molecule has 0 bridgehead atoms. The molecule has 54 heavy (non-hydrogen) atoms. The molecule has 0 aromatic heterocycles. The van der Waals surface area contributed by atoms with Crippen LogP contribution in [-0.4, -0.2) is 40.1 Å². The molecule has 4 amide bonds. The number of nitrogens with zero attached hydrogens (tertiary/aromatic N) is 2. The summed E-state index contributed by atoms with van der Waals surface area (Å²) in [6.07, 6.45) is -1.89. The maximum atomic E-state index is 13.8. The van der Waals surface area contributed by atoms with E-state index >= 15 is 0 Å². The van der Waals surface area contributed by atoms with Gasteiger partial charge in [0.2, 0.25) is 0 Å². The van der Waals surface area contributed by atoms with Gasteiger partial charge >= 0.3 is 12.2 Å². The fourth-order valence-corrected chi connectivity index (χ4v) is 5.25. The molecule has 0 radical (unpaired) electrons. The summed E-state index contributed by atoms with van der Waals surface area (Å²) >= 11 is 0. The van der Waals surface area contributed by atoms with Gasteiger partial charge < -0.3 is 24.8 Å². The van der Waals surface area contributed by atoms with Gasteiger partial charge in [-0.15, -0.1) is 0 Å². The second kappa shape index (κ2) is 16.7. The van der Waals surface area contributed by atoms with E-state index in [1.807, 2.05) is 63.2 Å². The molecular formula is C43H48N4O7. The van der Waals surface area contributed by atoms with Gasteiger partial charge in [0.25, 0.3) is 11.8 Å². The van der Waals surface area contributed by atoms with Crippen LogP contribution < -0.4 is 15.4 Å². The lowest BCUT2D eigenvalue weighted by Gasteiger charge is -2.28. The Morgan fingerprint density at radius 2 is 1.28 bits per heavy atom. The van der Waals surface area contributed by atoms with Gasteiger partial charge in [-0.1, -0.05) is 75.4 Å². The van der Waals surface area contributed by atoms with Gasteiger partial charge in [-0.3, -0.25) is 9.59 Å². The largest absolute Gasteiger partial charge is 0.489 e. The van der Waals surface area contributed by atoms with Gasteiger partial charge in [-0.25, -0.2) is 14.5 Å². The lowest BCUT2D eigenvalue weighted by Crippen LogP contribution is -2.43. The number of hydrogen-bond acceptors (Lipinski definition) is 8. The van der Waals surface area contributed by atoms with Crippen molar-refractivity contribution in [2.75, 3.05) is 10.6 Å². The summed E-state index contributed by atoms with van der Waals surface area (Å²) in [5.74, 6) is -0.475. The van der Waals surface area contributed by atoms with E-state index < -0.39 is 29.3 Å². The van der Waals surface area contributed by atoms with Crippen LogP contribution in [0.25, 0.3) is 0 Å².